The highest BCUT2D eigenvalue weighted by Crippen LogP contribution is 2.12. The summed E-state index contributed by atoms with van der Waals surface area (Å²) in [5.74, 6) is 0.358. The van der Waals surface area contributed by atoms with Crippen molar-refractivity contribution in [3.63, 3.8) is 0 Å². The van der Waals surface area contributed by atoms with Crippen LogP contribution < -0.4 is 4.65 Å². The van der Waals surface area contributed by atoms with Gasteiger partial charge in [0.15, 0.2) is 0 Å². The first-order chi connectivity index (χ1) is 6.22. The first-order valence-corrected chi connectivity index (χ1v) is 3.71. The summed E-state index contributed by atoms with van der Waals surface area (Å²) in [5, 5.41) is 25.3. The largest absolute Gasteiger partial charge is 0.707 e. The molecule has 0 amide bonds. The third-order valence-corrected chi connectivity index (χ3v) is 1.45. The Balaban J connectivity index is 2.65. The van der Waals surface area contributed by atoms with Gasteiger partial charge in [-0.25, -0.2) is 0 Å². The molecule has 0 aromatic heterocycles. The second-order valence-corrected chi connectivity index (χ2v) is 2.42. The Labute approximate surface area is 76.2 Å². The molecule has 0 fully saturated rings. The lowest BCUT2D eigenvalue weighted by Gasteiger charge is -2.03. The second kappa shape index (κ2) is 4.50. The van der Waals surface area contributed by atoms with E-state index < -0.39 is 7.32 Å². The van der Waals surface area contributed by atoms with Gasteiger partial charge < -0.3 is 14.7 Å². The summed E-state index contributed by atoms with van der Waals surface area (Å²) < 4.78 is 4.58. The molecule has 0 aliphatic rings. The van der Waals surface area contributed by atoms with Crippen molar-refractivity contribution in [2.24, 2.45) is 0 Å². The van der Waals surface area contributed by atoms with Crippen LogP contribution in [0.2, 0.25) is 0 Å². The zero-order chi connectivity index (χ0) is 9.68. The van der Waals surface area contributed by atoms with Crippen molar-refractivity contribution in [2.75, 3.05) is 0 Å². The van der Waals surface area contributed by atoms with Crippen molar-refractivity contribution in [1.82, 2.24) is 0 Å². The molecule has 0 radical (unpaired) electrons. The Morgan fingerprint density at radius 1 is 1.31 bits per heavy atom. The predicted octanol–water partition coefficient (Wildman–Crippen LogP) is 0.101. The number of nitrogens with zero attached hydrogens (tertiary/aromatic N) is 1. The highest BCUT2D eigenvalue weighted by atomic mass is 16.6. The third kappa shape index (κ3) is 3.15. The van der Waals surface area contributed by atoms with Gasteiger partial charge >= 0.3 is 7.32 Å². The topological polar surface area (TPSA) is 73.5 Å². The van der Waals surface area contributed by atoms with Gasteiger partial charge in [-0.3, -0.25) is 0 Å². The van der Waals surface area contributed by atoms with Crippen molar-refractivity contribution in [3.8, 4) is 11.8 Å². The fraction of sp³-hybridized carbons (Fsp3) is 0.125. The molecule has 1 rings (SSSR count). The molecule has 5 heteroatoms. The summed E-state index contributed by atoms with van der Waals surface area (Å²) in [6, 6.07) is 8.55. The number of benzene rings is 1. The standard InChI is InChI=1S/C8H8BNO3/c10-6-5-7-1-3-8(4-2-7)13-9(11)12/h1-4,11-12H,5H2. The van der Waals surface area contributed by atoms with Crippen LogP contribution in [0.5, 0.6) is 5.75 Å². The van der Waals surface area contributed by atoms with Gasteiger partial charge in [-0.2, -0.15) is 5.26 Å². The molecule has 0 spiro atoms. The highest BCUT2D eigenvalue weighted by Gasteiger charge is 2.10. The minimum Gasteiger partial charge on any atom is -0.512 e. The van der Waals surface area contributed by atoms with Crippen molar-refractivity contribution >= 4 is 7.32 Å². The van der Waals surface area contributed by atoms with E-state index in [0.717, 1.165) is 5.56 Å². The van der Waals surface area contributed by atoms with Gasteiger partial charge in [0.25, 0.3) is 0 Å². The van der Waals surface area contributed by atoms with Gasteiger partial charge in [-0.05, 0) is 17.7 Å². The lowest BCUT2D eigenvalue weighted by atomic mass is 10.1. The Morgan fingerprint density at radius 2 is 1.92 bits per heavy atom. The summed E-state index contributed by atoms with van der Waals surface area (Å²) in [7, 11) is -1.80. The van der Waals surface area contributed by atoms with Crippen LogP contribution in [0, 0.1) is 11.3 Å². The van der Waals surface area contributed by atoms with E-state index in [9.17, 15) is 0 Å². The summed E-state index contributed by atoms with van der Waals surface area (Å²) in [4.78, 5) is 0. The van der Waals surface area contributed by atoms with Crippen LogP contribution in [0.15, 0.2) is 24.3 Å². The number of rotatable bonds is 3. The summed E-state index contributed by atoms with van der Waals surface area (Å²) >= 11 is 0. The number of hydrogen-bond donors (Lipinski definition) is 2. The molecule has 1 aromatic rings. The molecule has 13 heavy (non-hydrogen) atoms. The van der Waals surface area contributed by atoms with Crippen molar-refractivity contribution in [1.29, 1.82) is 5.26 Å². The maximum atomic E-state index is 8.46. The predicted molar refractivity (Wildman–Crippen MR) is 46.6 cm³/mol. The maximum absolute atomic E-state index is 8.46. The summed E-state index contributed by atoms with van der Waals surface area (Å²) in [6.45, 7) is 0. The first-order valence-electron chi connectivity index (χ1n) is 3.71. The van der Waals surface area contributed by atoms with E-state index in [1.807, 2.05) is 6.07 Å². The van der Waals surface area contributed by atoms with Gasteiger partial charge in [0.1, 0.15) is 5.75 Å². The van der Waals surface area contributed by atoms with Crippen molar-refractivity contribution in [3.05, 3.63) is 29.8 Å². The molecule has 1 aromatic carbocycles. The average molecular weight is 177 g/mol. The quantitative estimate of drug-likeness (QED) is 0.642. The second-order valence-electron chi connectivity index (χ2n) is 2.42. The third-order valence-electron chi connectivity index (χ3n) is 1.45. The van der Waals surface area contributed by atoms with Gasteiger partial charge in [0, 0.05) is 0 Å². The van der Waals surface area contributed by atoms with Crippen molar-refractivity contribution < 1.29 is 14.7 Å². The van der Waals surface area contributed by atoms with Gasteiger partial charge in [-0.1, -0.05) is 12.1 Å². The molecule has 2 N–H and O–H groups in total. The van der Waals surface area contributed by atoms with E-state index >= 15 is 0 Å². The molecule has 0 heterocycles. The van der Waals surface area contributed by atoms with Gasteiger partial charge in [-0.15, -0.1) is 0 Å². The zero-order valence-corrected chi connectivity index (χ0v) is 6.84. The minimum atomic E-state index is -1.80. The van der Waals surface area contributed by atoms with E-state index in [2.05, 4.69) is 4.65 Å². The fourth-order valence-corrected chi connectivity index (χ4v) is 0.899. The lowest BCUT2D eigenvalue weighted by molar-refractivity contribution is 0.288. The smallest absolute Gasteiger partial charge is 0.512 e. The van der Waals surface area contributed by atoms with Crippen LogP contribution >= 0.6 is 0 Å². The van der Waals surface area contributed by atoms with Crippen LogP contribution in [0.1, 0.15) is 5.56 Å². The maximum Gasteiger partial charge on any atom is 0.707 e. The Morgan fingerprint density at radius 3 is 2.38 bits per heavy atom. The molecule has 4 nitrogen and oxygen atoms in total. The Kier molecular flexibility index (Phi) is 3.32. The normalized spacial score (nSPS) is 9.00. The van der Waals surface area contributed by atoms with E-state index in [1.54, 1.807) is 24.3 Å². The molecular formula is C8H8BNO3. The molecule has 0 unspecified atom stereocenters. The molecule has 66 valence electrons. The average Bonchev–Trinajstić information content (AvgIpc) is 2.08. The Bertz CT molecular complexity index is 304. The van der Waals surface area contributed by atoms with Crippen LogP contribution in [0.3, 0.4) is 0 Å². The summed E-state index contributed by atoms with van der Waals surface area (Å²) in [6.07, 6.45) is 0.335. The van der Waals surface area contributed by atoms with Crippen LogP contribution in [-0.2, 0) is 6.42 Å². The zero-order valence-electron chi connectivity index (χ0n) is 6.84. The monoisotopic (exact) mass is 177 g/mol. The Hall–Kier alpha value is -1.51. The molecule has 0 atom stereocenters. The van der Waals surface area contributed by atoms with Gasteiger partial charge in [0.05, 0.1) is 12.5 Å². The van der Waals surface area contributed by atoms with E-state index in [1.165, 1.54) is 0 Å². The SMILES string of the molecule is N#CCc1ccc(OB(O)O)cc1. The number of nitriles is 1. The van der Waals surface area contributed by atoms with Crippen LogP contribution in [0.4, 0.5) is 0 Å². The van der Waals surface area contributed by atoms with Gasteiger partial charge in [0.2, 0.25) is 0 Å². The molecular weight excluding hydrogens is 169 g/mol. The molecule has 0 bridgehead atoms. The van der Waals surface area contributed by atoms with E-state index in [0.29, 0.717) is 12.2 Å². The number of hydrogen-bond acceptors (Lipinski definition) is 4. The first kappa shape index (κ1) is 9.58. The van der Waals surface area contributed by atoms with Crippen LogP contribution in [0.25, 0.3) is 0 Å². The molecule has 0 aliphatic carbocycles. The molecule has 0 saturated heterocycles. The van der Waals surface area contributed by atoms with Crippen LogP contribution in [-0.4, -0.2) is 17.4 Å². The molecule has 0 saturated carbocycles. The summed E-state index contributed by atoms with van der Waals surface area (Å²) in [5.41, 5.74) is 0.863. The minimum absolute atomic E-state index is 0.335. The fourth-order valence-electron chi connectivity index (χ4n) is 0.899. The highest BCUT2D eigenvalue weighted by molar-refractivity contribution is 6.33. The van der Waals surface area contributed by atoms with E-state index in [4.69, 9.17) is 15.3 Å². The van der Waals surface area contributed by atoms with Crippen molar-refractivity contribution in [2.45, 2.75) is 6.42 Å². The molecule has 0 aliphatic heterocycles. The van der Waals surface area contributed by atoms with E-state index in [-0.39, 0.29) is 0 Å². The lowest BCUT2D eigenvalue weighted by Crippen LogP contribution is -2.20.